The molecule has 0 bridgehead atoms. The van der Waals surface area contributed by atoms with Crippen molar-refractivity contribution in [1.82, 2.24) is 19.6 Å². The van der Waals surface area contributed by atoms with Crippen molar-refractivity contribution in [2.45, 2.75) is 13.5 Å². The molecule has 8 nitrogen and oxygen atoms in total. The maximum Gasteiger partial charge on any atom is 0.276 e. The number of hydrogen-bond acceptors (Lipinski definition) is 4. The van der Waals surface area contributed by atoms with Crippen LogP contribution in [0.4, 0.5) is 11.4 Å². The number of carbonyl (C=O) groups is 2. The van der Waals surface area contributed by atoms with Gasteiger partial charge in [-0.25, -0.2) is 0 Å². The number of rotatable bonds is 5. The lowest BCUT2D eigenvalue weighted by molar-refractivity contribution is -0.116. The lowest BCUT2D eigenvalue weighted by atomic mass is 10.2. The van der Waals surface area contributed by atoms with Gasteiger partial charge in [0.1, 0.15) is 6.54 Å². The number of nitrogens with zero attached hydrogens (tertiary/aromatic N) is 4. The van der Waals surface area contributed by atoms with Crippen molar-refractivity contribution >= 4 is 34.8 Å². The Morgan fingerprint density at radius 1 is 1.12 bits per heavy atom. The van der Waals surface area contributed by atoms with Crippen molar-refractivity contribution in [3.8, 4) is 0 Å². The van der Waals surface area contributed by atoms with Crippen LogP contribution in [-0.2, 0) is 18.4 Å². The van der Waals surface area contributed by atoms with E-state index >= 15 is 0 Å². The predicted molar refractivity (Wildman–Crippen MR) is 98.2 cm³/mol. The molecule has 0 unspecified atom stereocenters. The molecule has 0 aliphatic heterocycles. The Hall–Kier alpha value is -3.13. The number of benzene rings is 1. The molecule has 2 N–H and O–H groups in total. The largest absolute Gasteiger partial charge is 0.324 e. The van der Waals surface area contributed by atoms with Crippen LogP contribution in [0.25, 0.3) is 0 Å². The van der Waals surface area contributed by atoms with Gasteiger partial charge in [0.15, 0.2) is 5.69 Å². The molecule has 1 aromatic carbocycles. The van der Waals surface area contributed by atoms with Gasteiger partial charge in [0.05, 0.1) is 16.9 Å². The van der Waals surface area contributed by atoms with Crippen molar-refractivity contribution in [1.29, 1.82) is 0 Å². The summed E-state index contributed by atoms with van der Waals surface area (Å²) in [4.78, 5) is 24.1. The molecule has 2 amide bonds. The van der Waals surface area contributed by atoms with Gasteiger partial charge in [0.25, 0.3) is 5.91 Å². The molecule has 26 heavy (non-hydrogen) atoms. The fourth-order valence-electron chi connectivity index (χ4n) is 2.29. The van der Waals surface area contributed by atoms with Gasteiger partial charge in [-0.1, -0.05) is 11.6 Å². The molecule has 0 saturated heterocycles. The molecule has 0 spiro atoms. The highest BCUT2D eigenvalue weighted by Crippen LogP contribution is 2.16. The molecule has 0 atom stereocenters. The second-order valence-electron chi connectivity index (χ2n) is 5.69. The fourth-order valence-corrected chi connectivity index (χ4v) is 2.43. The number of halogens is 1. The molecule has 9 heteroatoms. The topological polar surface area (TPSA) is 93.8 Å². The number of amides is 2. The molecule has 2 aromatic heterocycles. The number of aromatic nitrogens is 4. The smallest absolute Gasteiger partial charge is 0.276 e. The monoisotopic (exact) mass is 372 g/mol. The predicted octanol–water partition coefficient (Wildman–Crippen LogP) is 2.47. The zero-order chi connectivity index (χ0) is 18.7. The summed E-state index contributed by atoms with van der Waals surface area (Å²) in [5.74, 6) is -0.522. The first-order valence-corrected chi connectivity index (χ1v) is 8.19. The van der Waals surface area contributed by atoms with Crippen molar-refractivity contribution in [3.05, 3.63) is 59.1 Å². The molecular formula is C17H17ClN6O2. The van der Waals surface area contributed by atoms with Gasteiger partial charge in [-0.15, -0.1) is 0 Å². The third-order valence-electron chi connectivity index (χ3n) is 3.71. The van der Waals surface area contributed by atoms with Crippen LogP contribution in [0.15, 0.2) is 42.7 Å². The van der Waals surface area contributed by atoms with Crippen LogP contribution in [0.2, 0.25) is 5.02 Å². The minimum absolute atomic E-state index is 0.0662. The normalized spacial score (nSPS) is 10.6. The molecule has 0 aliphatic rings. The van der Waals surface area contributed by atoms with E-state index in [-0.39, 0.29) is 18.4 Å². The summed E-state index contributed by atoms with van der Waals surface area (Å²) in [5.41, 5.74) is 2.28. The lowest BCUT2D eigenvalue weighted by Gasteiger charge is -2.08. The zero-order valence-electron chi connectivity index (χ0n) is 14.2. The SMILES string of the molecule is Cc1c(Cl)cnn1CC(=O)Nc1ccc(NC(=O)c2ccn(C)n2)cc1. The first kappa shape index (κ1) is 17.7. The highest BCUT2D eigenvalue weighted by molar-refractivity contribution is 6.31. The molecule has 2 heterocycles. The van der Waals surface area contributed by atoms with Crippen LogP contribution >= 0.6 is 11.6 Å². The van der Waals surface area contributed by atoms with Crippen LogP contribution in [0, 0.1) is 6.92 Å². The summed E-state index contributed by atoms with van der Waals surface area (Å²) in [6.45, 7) is 1.86. The number of nitrogens with one attached hydrogen (secondary N) is 2. The van der Waals surface area contributed by atoms with E-state index in [0.717, 1.165) is 5.69 Å². The summed E-state index contributed by atoms with van der Waals surface area (Å²) in [6.07, 6.45) is 3.20. The highest BCUT2D eigenvalue weighted by atomic mass is 35.5. The van der Waals surface area contributed by atoms with Gasteiger partial charge < -0.3 is 10.6 Å². The number of carbonyl (C=O) groups excluding carboxylic acids is 2. The Bertz CT molecular complexity index is 945. The van der Waals surface area contributed by atoms with Crippen molar-refractivity contribution in [3.63, 3.8) is 0 Å². The number of aryl methyl sites for hydroxylation is 1. The lowest BCUT2D eigenvalue weighted by Crippen LogP contribution is -2.20. The van der Waals surface area contributed by atoms with E-state index in [9.17, 15) is 9.59 Å². The van der Waals surface area contributed by atoms with Gasteiger partial charge in [0.2, 0.25) is 5.91 Å². The molecule has 0 saturated carbocycles. The molecule has 3 rings (SSSR count). The quantitative estimate of drug-likeness (QED) is 0.719. The second-order valence-corrected chi connectivity index (χ2v) is 6.10. The van der Waals surface area contributed by atoms with E-state index in [4.69, 9.17) is 11.6 Å². The Labute approximate surface area is 154 Å². The third kappa shape index (κ3) is 4.09. The van der Waals surface area contributed by atoms with E-state index in [1.165, 1.54) is 10.9 Å². The maximum absolute atomic E-state index is 12.1. The van der Waals surface area contributed by atoms with Crippen LogP contribution in [0.3, 0.4) is 0 Å². The first-order valence-electron chi connectivity index (χ1n) is 7.81. The third-order valence-corrected chi connectivity index (χ3v) is 4.08. The van der Waals surface area contributed by atoms with Crippen molar-refractivity contribution in [2.75, 3.05) is 10.6 Å². The molecule has 0 fully saturated rings. The fraction of sp³-hybridized carbons (Fsp3) is 0.176. The maximum atomic E-state index is 12.1. The molecule has 134 valence electrons. The van der Waals surface area contributed by atoms with E-state index in [1.54, 1.807) is 55.2 Å². The summed E-state index contributed by atoms with van der Waals surface area (Å²) in [6, 6.07) is 8.44. The summed E-state index contributed by atoms with van der Waals surface area (Å²) >= 11 is 5.92. The van der Waals surface area contributed by atoms with Gasteiger partial charge in [0, 0.05) is 24.6 Å². The Balaban J connectivity index is 1.58. The minimum Gasteiger partial charge on any atom is -0.324 e. The zero-order valence-corrected chi connectivity index (χ0v) is 15.0. The van der Waals surface area contributed by atoms with E-state index in [1.807, 2.05) is 0 Å². The minimum atomic E-state index is -0.298. The molecule has 0 radical (unpaired) electrons. The van der Waals surface area contributed by atoms with Gasteiger partial charge in [-0.3, -0.25) is 19.0 Å². The van der Waals surface area contributed by atoms with E-state index in [2.05, 4.69) is 20.8 Å². The van der Waals surface area contributed by atoms with Gasteiger partial charge in [-0.05, 0) is 37.3 Å². The van der Waals surface area contributed by atoms with Gasteiger partial charge >= 0.3 is 0 Å². The van der Waals surface area contributed by atoms with Crippen LogP contribution in [-0.4, -0.2) is 31.4 Å². The van der Waals surface area contributed by atoms with E-state index < -0.39 is 0 Å². The first-order chi connectivity index (χ1) is 12.4. The van der Waals surface area contributed by atoms with Crippen molar-refractivity contribution in [2.24, 2.45) is 7.05 Å². The molecule has 0 aliphatic carbocycles. The Morgan fingerprint density at radius 2 is 1.77 bits per heavy atom. The van der Waals surface area contributed by atoms with Crippen LogP contribution in [0.1, 0.15) is 16.2 Å². The highest BCUT2D eigenvalue weighted by Gasteiger charge is 2.11. The average Bonchev–Trinajstić information content (AvgIpc) is 3.17. The van der Waals surface area contributed by atoms with Gasteiger partial charge in [-0.2, -0.15) is 10.2 Å². The summed E-state index contributed by atoms with van der Waals surface area (Å²) < 4.78 is 3.08. The summed E-state index contributed by atoms with van der Waals surface area (Å²) in [5, 5.41) is 14.1. The molecule has 3 aromatic rings. The van der Waals surface area contributed by atoms with Crippen LogP contribution < -0.4 is 10.6 Å². The van der Waals surface area contributed by atoms with E-state index in [0.29, 0.717) is 22.1 Å². The molecular weight excluding hydrogens is 356 g/mol. The number of hydrogen-bond donors (Lipinski definition) is 2. The Kier molecular flexibility index (Phi) is 5.04. The second kappa shape index (κ2) is 7.40. The Morgan fingerprint density at radius 3 is 2.31 bits per heavy atom. The van der Waals surface area contributed by atoms with Crippen molar-refractivity contribution < 1.29 is 9.59 Å². The standard InChI is InChI=1S/C17H17ClN6O2/c1-11-14(18)9-19-24(11)10-16(25)20-12-3-5-13(6-4-12)21-17(26)15-7-8-23(2)22-15/h3-9H,10H2,1-2H3,(H,20,25)(H,21,26). The summed E-state index contributed by atoms with van der Waals surface area (Å²) in [7, 11) is 1.74. The average molecular weight is 373 g/mol. The van der Waals surface area contributed by atoms with Crippen LogP contribution in [0.5, 0.6) is 0 Å². The number of anilines is 2.